The van der Waals surface area contributed by atoms with Gasteiger partial charge in [-0.15, -0.1) is 0 Å². The van der Waals surface area contributed by atoms with Crippen molar-refractivity contribution >= 4 is 11.8 Å². The molecule has 25 heavy (non-hydrogen) atoms. The van der Waals surface area contributed by atoms with Crippen LogP contribution in [0.1, 0.15) is 73.1 Å². The van der Waals surface area contributed by atoms with Crippen LogP contribution >= 0.6 is 0 Å². The molecule has 2 rings (SSSR count). The Kier molecular flexibility index (Phi) is 6.08. The smallest absolute Gasteiger partial charge is 0.303 e. The van der Waals surface area contributed by atoms with E-state index in [1.165, 1.54) is 12.5 Å². The number of carbonyl (C=O) groups excluding carboxylic acids is 2. The van der Waals surface area contributed by atoms with Crippen LogP contribution in [0, 0.1) is 11.3 Å². The van der Waals surface area contributed by atoms with Crippen molar-refractivity contribution in [2.75, 3.05) is 0 Å². The summed E-state index contributed by atoms with van der Waals surface area (Å²) in [5.74, 6) is 0.204. The van der Waals surface area contributed by atoms with Gasteiger partial charge >= 0.3 is 5.97 Å². The third-order valence-electron chi connectivity index (χ3n) is 5.79. The second kappa shape index (κ2) is 7.72. The first-order valence-electron chi connectivity index (χ1n) is 9.35. The molecule has 0 aromatic carbocycles. The highest BCUT2D eigenvalue weighted by molar-refractivity contribution is 5.99. The summed E-state index contributed by atoms with van der Waals surface area (Å²) in [7, 11) is 0. The molecule has 0 unspecified atom stereocenters. The van der Waals surface area contributed by atoms with Crippen LogP contribution in [0.5, 0.6) is 0 Å². The van der Waals surface area contributed by atoms with E-state index in [-0.39, 0.29) is 29.2 Å². The summed E-state index contributed by atoms with van der Waals surface area (Å²) < 4.78 is 5.62. The maximum atomic E-state index is 12.7. The van der Waals surface area contributed by atoms with Crippen molar-refractivity contribution in [3.05, 3.63) is 34.9 Å². The van der Waals surface area contributed by atoms with Crippen LogP contribution in [0.3, 0.4) is 0 Å². The highest BCUT2D eigenvalue weighted by Gasteiger charge is 2.48. The maximum absolute atomic E-state index is 12.7. The molecule has 2 aliphatic rings. The summed E-state index contributed by atoms with van der Waals surface area (Å²) in [6.45, 7) is 14.1. The first kappa shape index (κ1) is 19.7. The molecule has 1 saturated carbocycles. The van der Waals surface area contributed by atoms with Crippen LogP contribution in [0.25, 0.3) is 0 Å². The number of carbonyl (C=O) groups is 2. The molecule has 1 fully saturated rings. The lowest BCUT2D eigenvalue weighted by molar-refractivity contribution is -0.146. The van der Waals surface area contributed by atoms with Crippen LogP contribution in [-0.4, -0.2) is 17.9 Å². The number of allylic oxidation sites excluding steroid dienone is 4. The molecule has 0 spiro atoms. The van der Waals surface area contributed by atoms with Crippen LogP contribution in [-0.2, 0) is 14.3 Å². The SMILES string of the molecule is C=C1CC/C=C(\C)CC[C@H]2C(=C(C)C)C(=O)C[C@]2(C)C[C@@H]1OC(C)=O. The van der Waals surface area contributed by atoms with Gasteiger partial charge in [0.05, 0.1) is 0 Å². The highest BCUT2D eigenvalue weighted by atomic mass is 16.5. The minimum atomic E-state index is -0.305. The lowest BCUT2D eigenvalue weighted by atomic mass is 9.71. The number of esters is 1. The van der Waals surface area contributed by atoms with Crippen LogP contribution in [0.15, 0.2) is 34.9 Å². The van der Waals surface area contributed by atoms with Gasteiger partial charge < -0.3 is 4.74 Å². The van der Waals surface area contributed by atoms with Gasteiger partial charge in [-0.1, -0.05) is 30.7 Å². The minimum Gasteiger partial charge on any atom is -0.458 e. The Bertz CT molecular complexity index is 634. The maximum Gasteiger partial charge on any atom is 0.303 e. The molecular weight excluding hydrogens is 312 g/mol. The van der Waals surface area contributed by atoms with Gasteiger partial charge in [0.2, 0.25) is 0 Å². The van der Waals surface area contributed by atoms with Crippen molar-refractivity contribution in [1.82, 2.24) is 0 Å². The van der Waals surface area contributed by atoms with E-state index in [9.17, 15) is 9.59 Å². The van der Waals surface area contributed by atoms with Gasteiger partial charge in [-0.05, 0) is 75.4 Å². The fourth-order valence-corrected chi connectivity index (χ4v) is 4.49. The molecule has 0 saturated heterocycles. The zero-order valence-electron chi connectivity index (χ0n) is 16.4. The largest absolute Gasteiger partial charge is 0.458 e. The topological polar surface area (TPSA) is 43.4 Å². The number of fused-ring (bicyclic) bond motifs is 1. The Morgan fingerprint density at radius 2 is 1.96 bits per heavy atom. The molecule has 0 aliphatic heterocycles. The molecule has 3 atom stereocenters. The Balaban J connectivity index is 2.44. The second-order valence-electron chi connectivity index (χ2n) is 8.31. The number of ether oxygens (including phenoxy) is 1. The summed E-state index contributed by atoms with van der Waals surface area (Å²) in [5.41, 5.74) is 4.27. The summed E-state index contributed by atoms with van der Waals surface area (Å²) in [5, 5.41) is 0. The lowest BCUT2D eigenvalue weighted by Gasteiger charge is -2.35. The quantitative estimate of drug-likeness (QED) is 0.367. The monoisotopic (exact) mass is 344 g/mol. The summed E-state index contributed by atoms with van der Waals surface area (Å²) >= 11 is 0. The van der Waals surface area contributed by atoms with Crippen LogP contribution in [0.2, 0.25) is 0 Å². The van der Waals surface area contributed by atoms with Crippen molar-refractivity contribution in [1.29, 1.82) is 0 Å². The van der Waals surface area contributed by atoms with Crippen LogP contribution < -0.4 is 0 Å². The van der Waals surface area contributed by atoms with Gasteiger partial charge in [0.15, 0.2) is 5.78 Å². The Morgan fingerprint density at radius 3 is 2.56 bits per heavy atom. The van der Waals surface area contributed by atoms with Gasteiger partial charge in [-0.3, -0.25) is 9.59 Å². The first-order valence-corrected chi connectivity index (χ1v) is 9.35. The molecule has 0 aromatic heterocycles. The molecule has 0 amide bonds. The third-order valence-corrected chi connectivity index (χ3v) is 5.79. The van der Waals surface area contributed by atoms with E-state index in [4.69, 9.17) is 4.74 Å². The Labute approximate surface area is 152 Å². The summed E-state index contributed by atoms with van der Waals surface area (Å²) in [6.07, 6.45) is 6.90. The predicted molar refractivity (Wildman–Crippen MR) is 101 cm³/mol. The van der Waals surface area contributed by atoms with Crippen molar-refractivity contribution in [2.24, 2.45) is 11.3 Å². The van der Waals surface area contributed by atoms with E-state index in [0.717, 1.165) is 42.4 Å². The number of ketones is 1. The van der Waals surface area contributed by atoms with Crippen molar-refractivity contribution in [3.63, 3.8) is 0 Å². The van der Waals surface area contributed by atoms with E-state index < -0.39 is 0 Å². The molecule has 0 heterocycles. The molecule has 0 radical (unpaired) electrons. The highest BCUT2D eigenvalue weighted by Crippen LogP contribution is 2.52. The number of rotatable bonds is 1. The lowest BCUT2D eigenvalue weighted by Crippen LogP contribution is -2.31. The minimum absolute atomic E-state index is 0.183. The zero-order valence-corrected chi connectivity index (χ0v) is 16.4. The van der Waals surface area contributed by atoms with Gasteiger partial charge in [0.25, 0.3) is 0 Å². The fourth-order valence-electron chi connectivity index (χ4n) is 4.49. The van der Waals surface area contributed by atoms with E-state index >= 15 is 0 Å². The molecule has 0 aromatic rings. The molecule has 0 bridgehead atoms. The molecule has 138 valence electrons. The number of hydrogen-bond donors (Lipinski definition) is 0. The molecular formula is C22H32O3. The third kappa shape index (κ3) is 4.50. The van der Waals surface area contributed by atoms with E-state index in [0.29, 0.717) is 12.8 Å². The average molecular weight is 344 g/mol. The fraction of sp³-hybridized carbons (Fsp3) is 0.636. The Morgan fingerprint density at radius 1 is 1.28 bits per heavy atom. The number of Topliss-reactive ketones (excluding diaryl/α,β-unsaturated/α-hetero) is 1. The van der Waals surface area contributed by atoms with Crippen molar-refractivity contribution < 1.29 is 14.3 Å². The van der Waals surface area contributed by atoms with E-state index in [1.54, 1.807) is 0 Å². The normalized spacial score (nSPS) is 33.2. The predicted octanol–water partition coefficient (Wildman–Crippen LogP) is 5.32. The van der Waals surface area contributed by atoms with Gasteiger partial charge in [0.1, 0.15) is 6.10 Å². The first-order chi connectivity index (χ1) is 11.6. The van der Waals surface area contributed by atoms with Crippen LogP contribution in [0.4, 0.5) is 0 Å². The number of hydrogen-bond acceptors (Lipinski definition) is 3. The summed E-state index contributed by atoms with van der Waals surface area (Å²) in [6, 6.07) is 0. The van der Waals surface area contributed by atoms with E-state index in [2.05, 4.69) is 26.5 Å². The average Bonchev–Trinajstić information content (AvgIpc) is 2.72. The molecule has 2 aliphatic carbocycles. The molecule has 3 heteroatoms. The van der Waals surface area contributed by atoms with Gasteiger partial charge in [-0.25, -0.2) is 0 Å². The molecule has 0 N–H and O–H groups in total. The zero-order chi connectivity index (χ0) is 18.8. The van der Waals surface area contributed by atoms with Gasteiger partial charge in [-0.2, -0.15) is 0 Å². The summed E-state index contributed by atoms with van der Waals surface area (Å²) in [4.78, 5) is 24.4. The Hall–Kier alpha value is -1.64. The van der Waals surface area contributed by atoms with Gasteiger partial charge in [0, 0.05) is 13.3 Å². The standard InChI is InChI=1S/C22H32O3/c1-14(2)21-18-11-10-15(3)8-7-9-16(4)20(25-17(5)23)13-22(18,6)12-19(21)24/h8,18,20H,4,7,9-13H2,1-3,5-6H3/b15-8+/t18-,20-,22+/m0/s1. The van der Waals surface area contributed by atoms with E-state index in [1.807, 2.05) is 13.8 Å². The van der Waals surface area contributed by atoms with Crippen molar-refractivity contribution in [2.45, 2.75) is 79.2 Å². The molecule has 3 nitrogen and oxygen atoms in total. The second-order valence-corrected chi connectivity index (χ2v) is 8.31. The van der Waals surface area contributed by atoms with Crippen molar-refractivity contribution in [3.8, 4) is 0 Å².